The summed E-state index contributed by atoms with van der Waals surface area (Å²) in [6.45, 7) is 0. The van der Waals surface area contributed by atoms with Gasteiger partial charge in [0.15, 0.2) is 0 Å². The summed E-state index contributed by atoms with van der Waals surface area (Å²) >= 11 is 0. The van der Waals surface area contributed by atoms with Crippen LogP contribution in [0.25, 0.3) is 0 Å². The molecule has 4 aromatic rings. The molecule has 4 rings (SSSR count). The largest absolute Gasteiger partial charge is 0.0622 e. The first-order chi connectivity index (χ1) is 14.9. The van der Waals surface area contributed by atoms with Crippen LogP contribution in [0.2, 0.25) is 0 Å². The molecule has 0 heteroatoms. The van der Waals surface area contributed by atoms with Gasteiger partial charge in [-0.3, -0.25) is 0 Å². The van der Waals surface area contributed by atoms with Crippen LogP contribution in [0.5, 0.6) is 0 Å². The van der Waals surface area contributed by atoms with Crippen LogP contribution >= 0.6 is 0 Å². The fraction of sp³-hybridized carbons (Fsp3) is 0.200. The van der Waals surface area contributed by atoms with Crippen LogP contribution in [0.1, 0.15) is 33.4 Å². The van der Waals surface area contributed by atoms with Gasteiger partial charge in [0.1, 0.15) is 0 Å². The maximum atomic E-state index is 3.58. The highest BCUT2D eigenvalue weighted by molar-refractivity contribution is 5.37. The average molecular weight is 390 g/mol. The monoisotopic (exact) mass is 389 g/mol. The minimum absolute atomic E-state index is 1.05. The molecule has 0 spiro atoms. The first-order valence-electron chi connectivity index (χ1n) is 11.0. The second-order valence-corrected chi connectivity index (χ2v) is 7.92. The third kappa shape index (κ3) is 5.70. The van der Waals surface area contributed by atoms with Gasteiger partial charge in [-0.15, -0.1) is 0 Å². The highest BCUT2D eigenvalue weighted by Crippen LogP contribution is 2.21. The van der Waals surface area contributed by atoms with E-state index in [1.165, 1.54) is 33.4 Å². The third-order valence-electron chi connectivity index (χ3n) is 5.83. The summed E-state index contributed by atoms with van der Waals surface area (Å²) in [5, 5.41) is 0. The van der Waals surface area contributed by atoms with Gasteiger partial charge in [-0.05, 0) is 78.0 Å². The summed E-state index contributed by atoms with van der Waals surface area (Å²) in [5.74, 6) is 0. The van der Waals surface area contributed by atoms with Crippen LogP contribution in [0.3, 0.4) is 0 Å². The molecule has 0 unspecified atom stereocenters. The molecule has 0 atom stereocenters. The number of benzene rings is 4. The lowest BCUT2D eigenvalue weighted by molar-refractivity contribution is 0.854. The Morgan fingerprint density at radius 1 is 0.433 bits per heavy atom. The van der Waals surface area contributed by atoms with E-state index in [0.29, 0.717) is 0 Å². The second kappa shape index (κ2) is 10.6. The topological polar surface area (TPSA) is 0 Å². The summed E-state index contributed by atoms with van der Waals surface area (Å²) in [7, 11) is 0. The zero-order valence-electron chi connectivity index (χ0n) is 17.6. The lowest BCUT2D eigenvalue weighted by Gasteiger charge is -2.15. The van der Waals surface area contributed by atoms with Gasteiger partial charge in [0.25, 0.3) is 0 Å². The van der Waals surface area contributed by atoms with Crippen molar-refractivity contribution < 1.29 is 0 Å². The van der Waals surface area contributed by atoms with Crippen molar-refractivity contribution in [3.63, 3.8) is 0 Å². The summed E-state index contributed by atoms with van der Waals surface area (Å²) in [6, 6.07) is 40.5. The van der Waals surface area contributed by atoms with Gasteiger partial charge < -0.3 is 0 Å². The minimum Gasteiger partial charge on any atom is -0.0622 e. The van der Waals surface area contributed by atoms with Gasteiger partial charge in [0.2, 0.25) is 0 Å². The third-order valence-corrected chi connectivity index (χ3v) is 5.83. The quantitative estimate of drug-likeness (QED) is 0.294. The highest BCUT2D eigenvalue weighted by Gasteiger charge is 2.10. The van der Waals surface area contributed by atoms with Crippen LogP contribution in [0.15, 0.2) is 103 Å². The van der Waals surface area contributed by atoms with Crippen LogP contribution in [0, 0.1) is 6.07 Å². The molecule has 30 heavy (non-hydrogen) atoms. The van der Waals surface area contributed by atoms with E-state index >= 15 is 0 Å². The Hall–Kier alpha value is -3.12. The molecular weight excluding hydrogens is 360 g/mol. The first kappa shape index (κ1) is 20.2. The van der Waals surface area contributed by atoms with Crippen LogP contribution in [-0.4, -0.2) is 0 Å². The van der Waals surface area contributed by atoms with Crippen molar-refractivity contribution in [1.29, 1.82) is 0 Å². The number of hydrogen-bond donors (Lipinski definition) is 0. The van der Waals surface area contributed by atoms with Crippen molar-refractivity contribution in [2.45, 2.75) is 38.5 Å². The van der Waals surface area contributed by atoms with Gasteiger partial charge in [-0.25, -0.2) is 0 Å². The van der Waals surface area contributed by atoms with E-state index < -0.39 is 0 Å². The molecule has 149 valence electrons. The molecule has 0 bridgehead atoms. The normalized spacial score (nSPS) is 10.8. The molecule has 0 saturated heterocycles. The van der Waals surface area contributed by atoms with Crippen molar-refractivity contribution in [3.8, 4) is 0 Å². The molecule has 0 aliphatic carbocycles. The Morgan fingerprint density at radius 3 is 1.43 bits per heavy atom. The molecule has 4 aromatic carbocycles. The Morgan fingerprint density at radius 2 is 0.900 bits per heavy atom. The van der Waals surface area contributed by atoms with Gasteiger partial charge in [0.05, 0.1) is 0 Å². The molecule has 0 aliphatic rings. The molecular formula is C30H29. The summed E-state index contributed by atoms with van der Waals surface area (Å²) in [4.78, 5) is 0. The molecule has 0 aromatic heterocycles. The molecule has 0 aliphatic heterocycles. The molecule has 0 amide bonds. The van der Waals surface area contributed by atoms with Crippen molar-refractivity contribution in [2.75, 3.05) is 0 Å². The van der Waals surface area contributed by atoms with E-state index in [0.717, 1.165) is 38.5 Å². The van der Waals surface area contributed by atoms with E-state index in [-0.39, 0.29) is 0 Å². The van der Waals surface area contributed by atoms with Crippen molar-refractivity contribution in [2.24, 2.45) is 0 Å². The van der Waals surface area contributed by atoms with Crippen molar-refractivity contribution >= 4 is 0 Å². The van der Waals surface area contributed by atoms with Gasteiger partial charge in [-0.1, -0.05) is 103 Å². The van der Waals surface area contributed by atoms with E-state index in [1.54, 1.807) is 0 Å². The number of rotatable bonds is 9. The fourth-order valence-corrected chi connectivity index (χ4v) is 4.14. The Bertz CT molecular complexity index is 956. The van der Waals surface area contributed by atoms with Gasteiger partial charge in [0, 0.05) is 0 Å². The zero-order chi connectivity index (χ0) is 20.4. The van der Waals surface area contributed by atoms with Crippen LogP contribution in [-0.2, 0) is 38.5 Å². The smallest absolute Gasteiger partial charge is 0.0146 e. The van der Waals surface area contributed by atoms with Crippen molar-refractivity contribution in [3.05, 3.63) is 143 Å². The Balaban J connectivity index is 1.54. The zero-order valence-corrected chi connectivity index (χ0v) is 17.6. The van der Waals surface area contributed by atoms with Crippen LogP contribution in [0.4, 0.5) is 0 Å². The van der Waals surface area contributed by atoms with E-state index in [9.17, 15) is 0 Å². The SMILES string of the molecule is [c]1ccc(CCc2ccccc2)c(CCc2ccccc2)c1CCc1ccccc1. The van der Waals surface area contributed by atoms with Gasteiger partial charge >= 0.3 is 0 Å². The summed E-state index contributed by atoms with van der Waals surface area (Å²) in [5.41, 5.74) is 8.59. The van der Waals surface area contributed by atoms with Gasteiger partial charge in [-0.2, -0.15) is 0 Å². The van der Waals surface area contributed by atoms with E-state index in [4.69, 9.17) is 0 Å². The molecule has 0 N–H and O–H groups in total. The van der Waals surface area contributed by atoms with E-state index in [1.807, 2.05) is 0 Å². The lowest BCUT2D eigenvalue weighted by Crippen LogP contribution is -2.05. The summed E-state index contributed by atoms with van der Waals surface area (Å²) < 4.78 is 0. The number of aryl methyl sites for hydroxylation is 5. The Labute approximate surface area is 181 Å². The van der Waals surface area contributed by atoms with Crippen molar-refractivity contribution in [1.82, 2.24) is 0 Å². The molecule has 0 heterocycles. The minimum atomic E-state index is 1.05. The highest BCUT2D eigenvalue weighted by atomic mass is 14.1. The molecule has 1 radical (unpaired) electrons. The Kier molecular flexibility index (Phi) is 7.12. The second-order valence-electron chi connectivity index (χ2n) is 7.92. The fourth-order valence-electron chi connectivity index (χ4n) is 4.14. The van der Waals surface area contributed by atoms with Crippen LogP contribution < -0.4 is 0 Å². The molecule has 0 fully saturated rings. The molecule has 0 saturated carbocycles. The lowest BCUT2D eigenvalue weighted by atomic mass is 9.89. The predicted octanol–water partition coefficient (Wildman–Crippen LogP) is 6.84. The van der Waals surface area contributed by atoms with E-state index in [2.05, 4.69) is 109 Å². The first-order valence-corrected chi connectivity index (χ1v) is 11.0. The maximum absolute atomic E-state index is 3.58. The maximum Gasteiger partial charge on any atom is -0.0146 e. The average Bonchev–Trinajstić information content (AvgIpc) is 2.82. The molecule has 0 nitrogen and oxygen atoms in total. The predicted molar refractivity (Wildman–Crippen MR) is 127 cm³/mol. The standard InChI is InChI=1S/C30H29/c1-4-11-25(12-5-1)19-22-28-17-10-18-29(23-20-26-13-6-2-7-14-26)30(28)24-21-27-15-8-3-9-16-27/h1-17H,19-24H2. The number of hydrogen-bond acceptors (Lipinski definition) is 0. The summed E-state index contributed by atoms with van der Waals surface area (Å²) in [6.07, 6.45) is 6.44.